The van der Waals surface area contributed by atoms with Crippen molar-refractivity contribution in [2.45, 2.75) is 0 Å². The monoisotopic (exact) mass is 299 g/mol. The van der Waals surface area contributed by atoms with Crippen LogP contribution in [0.5, 0.6) is 0 Å². The molecule has 1 aliphatic rings. The molecule has 0 spiro atoms. The Morgan fingerprint density at radius 2 is 1.82 bits per heavy atom. The second-order valence-corrected chi connectivity index (χ2v) is 5.08. The van der Waals surface area contributed by atoms with Crippen molar-refractivity contribution < 1.29 is 4.79 Å². The van der Waals surface area contributed by atoms with E-state index >= 15 is 0 Å². The molecule has 3 rings (SSSR count). The Balaban J connectivity index is 1.70. The van der Waals surface area contributed by atoms with Crippen LogP contribution in [0.25, 0.3) is 0 Å². The van der Waals surface area contributed by atoms with Gasteiger partial charge in [-0.2, -0.15) is 0 Å². The predicted octanol–water partition coefficient (Wildman–Crippen LogP) is 0.271. The van der Waals surface area contributed by atoms with E-state index in [9.17, 15) is 4.79 Å². The van der Waals surface area contributed by atoms with Crippen molar-refractivity contribution in [3.63, 3.8) is 0 Å². The molecule has 0 radical (unpaired) electrons. The molecule has 1 N–H and O–H groups in total. The fourth-order valence-corrected chi connectivity index (χ4v) is 2.21. The number of aromatic nitrogens is 4. The molecule has 0 unspecified atom stereocenters. The molecule has 1 saturated heterocycles. The van der Waals surface area contributed by atoms with Gasteiger partial charge in [-0.25, -0.2) is 19.9 Å². The molecule has 22 heavy (non-hydrogen) atoms. The van der Waals surface area contributed by atoms with E-state index in [1.165, 1.54) is 18.7 Å². The van der Waals surface area contributed by atoms with Crippen LogP contribution in [0.2, 0.25) is 0 Å². The van der Waals surface area contributed by atoms with Crippen molar-refractivity contribution >= 4 is 17.5 Å². The van der Waals surface area contributed by atoms with Crippen LogP contribution >= 0.6 is 0 Å². The Hall–Kier alpha value is -2.61. The summed E-state index contributed by atoms with van der Waals surface area (Å²) in [6.45, 7) is 3.79. The van der Waals surface area contributed by atoms with E-state index in [1.807, 2.05) is 0 Å². The van der Waals surface area contributed by atoms with Crippen LogP contribution in [-0.4, -0.2) is 64.0 Å². The SMILES string of the molecule is CN1CCN(c2cc(NC(=O)c3ncccn3)ncn2)CC1. The van der Waals surface area contributed by atoms with Gasteiger partial charge < -0.3 is 15.1 Å². The fourth-order valence-electron chi connectivity index (χ4n) is 2.21. The highest BCUT2D eigenvalue weighted by Crippen LogP contribution is 2.16. The van der Waals surface area contributed by atoms with Crippen molar-refractivity contribution in [1.82, 2.24) is 24.8 Å². The fraction of sp³-hybridized carbons (Fsp3) is 0.357. The zero-order valence-electron chi connectivity index (χ0n) is 12.3. The zero-order chi connectivity index (χ0) is 15.4. The first kappa shape index (κ1) is 14.3. The van der Waals surface area contributed by atoms with Crippen LogP contribution in [0, 0.1) is 0 Å². The second-order valence-electron chi connectivity index (χ2n) is 5.08. The van der Waals surface area contributed by atoms with Gasteiger partial charge in [0.15, 0.2) is 0 Å². The molecule has 3 heterocycles. The van der Waals surface area contributed by atoms with Crippen LogP contribution in [0.3, 0.4) is 0 Å². The lowest BCUT2D eigenvalue weighted by Crippen LogP contribution is -2.44. The minimum Gasteiger partial charge on any atom is -0.354 e. The molecule has 2 aromatic heterocycles. The van der Waals surface area contributed by atoms with Gasteiger partial charge in [0.1, 0.15) is 18.0 Å². The predicted molar refractivity (Wildman–Crippen MR) is 81.7 cm³/mol. The zero-order valence-corrected chi connectivity index (χ0v) is 12.3. The average Bonchev–Trinajstić information content (AvgIpc) is 2.56. The molecule has 114 valence electrons. The van der Waals surface area contributed by atoms with Gasteiger partial charge in [-0.3, -0.25) is 4.79 Å². The Kier molecular flexibility index (Phi) is 4.19. The van der Waals surface area contributed by atoms with Crippen LogP contribution in [0.4, 0.5) is 11.6 Å². The number of nitrogens with one attached hydrogen (secondary N) is 1. The lowest BCUT2D eigenvalue weighted by atomic mass is 10.3. The molecular weight excluding hydrogens is 282 g/mol. The molecule has 1 aliphatic heterocycles. The first-order valence-electron chi connectivity index (χ1n) is 7.06. The van der Waals surface area contributed by atoms with Gasteiger partial charge in [-0.1, -0.05) is 0 Å². The van der Waals surface area contributed by atoms with Crippen molar-refractivity contribution in [1.29, 1.82) is 0 Å². The number of carbonyl (C=O) groups excluding carboxylic acids is 1. The summed E-state index contributed by atoms with van der Waals surface area (Å²) in [7, 11) is 2.10. The number of hydrogen-bond acceptors (Lipinski definition) is 7. The lowest BCUT2D eigenvalue weighted by molar-refractivity contribution is 0.101. The van der Waals surface area contributed by atoms with Gasteiger partial charge in [0.2, 0.25) is 5.82 Å². The number of nitrogens with zero attached hydrogens (tertiary/aromatic N) is 6. The van der Waals surface area contributed by atoms with Gasteiger partial charge in [0, 0.05) is 44.6 Å². The van der Waals surface area contributed by atoms with Gasteiger partial charge in [-0.15, -0.1) is 0 Å². The highest BCUT2D eigenvalue weighted by molar-refractivity contribution is 6.00. The van der Waals surface area contributed by atoms with Gasteiger partial charge in [0.05, 0.1) is 0 Å². The third-order valence-corrected chi connectivity index (χ3v) is 3.49. The molecular formula is C14H17N7O. The first-order valence-corrected chi connectivity index (χ1v) is 7.06. The molecule has 0 bridgehead atoms. The molecule has 1 amide bonds. The number of hydrogen-bond donors (Lipinski definition) is 1. The van der Waals surface area contributed by atoms with E-state index in [0.29, 0.717) is 5.82 Å². The molecule has 0 atom stereocenters. The van der Waals surface area contributed by atoms with Crippen LogP contribution in [-0.2, 0) is 0 Å². The van der Waals surface area contributed by atoms with Gasteiger partial charge >= 0.3 is 0 Å². The summed E-state index contributed by atoms with van der Waals surface area (Å²) in [6, 6.07) is 3.43. The molecule has 2 aromatic rings. The van der Waals surface area contributed by atoms with Gasteiger partial charge in [0.25, 0.3) is 5.91 Å². The second kappa shape index (κ2) is 6.44. The summed E-state index contributed by atoms with van der Waals surface area (Å²) in [4.78, 5) is 32.7. The van der Waals surface area contributed by atoms with Crippen molar-refractivity contribution in [3.8, 4) is 0 Å². The maximum Gasteiger partial charge on any atom is 0.294 e. The molecule has 0 aromatic carbocycles. The van der Waals surface area contributed by atoms with Crippen LogP contribution in [0.15, 0.2) is 30.9 Å². The Morgan fingerprint density at radius 1 is 1.09 bits per heavy atom. The Bertz CT molecular complexity index is 641. The van der Waals surface area contributed by atoms with Gasteiger partial charge in [-0.05, 0) is 13.1 Å². The molecule has 8 heteroatoms. The highest BCUT2D eigenvalue weighted by atomic mass is 16.2. The molecule has 0 aliphatic carbocycles. The van der Waals surface area contributed by atoms with Crippen molar-refractivity contribution in [2.24, 2.45) is 0 Å². The smallest absolute Gasteiger partial charge is 0.294 e. The highest BCUT2D eigenvalue weighted by Gasteiger charge is 2.16. The topological polar surface area (TPSA) is 87.1 Å². The number of carbonyl (C=O) groups is 1. The minimum atomic E-state index is -0.386. The standard InChI is InChI=1S/C14H17N7O/c1-20-5-7-21(8-6-20)12-9-11(17-10-18-12)19-14(22)13-15-3-2-4-16-13/h2-4,9-10H,5-8H2,1H3,(H,17,18,19,22). The van der Waals surface area contributed by atoms with E-state index < -0.39 is 0 Å². The first-order chi connectivity index (χ1) is 10.7. The summed E-state index contributed by atoms with van der Waals surface area (Å²) in [6.07, 6.45) is 4.50. The van der Waals surface area contributed by atoms with E-state index in [4.69, 9.17) is 0 Å². The largest absolute Gasteiger partial charge is 0.354 e. The maximum absolute atomic E-state index is 12.0. The van der Waals surface area contributed by atoms with E-state index in [1.54, 1.807) is 12.1 Å². The summed E-state index contributed by atoms with van der Waals surface area (Å²) < 4.78 is 0. The third kappa shape index (κ3) is 3.34. The number of amides is 1. The normalized spacial score (nSPS) is 15.6. The molecule has 1 fully saturated rings. The van der Waals surface area contributed by atoms with E-state index in [0.717, 1.165) is 32.0 Å². The number of piperazine rings is 1. The Morgan fingerprint density at radius 3 is 2.55 bits per heavy atom. The number of likely N-dealkylation sites (N-methyl/N-ethyl adjacent to an activating group) is 1. The van der Waals surface area contributed by atoms with E-state index in [2.05, 4.69) is 42.1 Å². The maximum atomic E-state index is 12.0. The van der Waals surface area contributed by atoms with Crippen molar-refractivity contribution in [2.75, 3.05) is 43.4 Å². The number of anilines is 2. The Labute approximate surface area is 128 Å². The average molecular weight is 299 g/mol. The van der Waals surface area contributed by atoms with Crippen LogP contribution < -0.4 is 10.2 Å². The third-order valence-electron chi connectivity index (χ3n) is 3.49. The molecule has 0 saturated carbocycles. The summed E-state index contributed by atoms with van der Waals surface area (Å²) in [5.41, 5.74) is 0. The van der Waals surface area contributed by atoms with Crippen LogP contribution in [0.1, 0.15) is 10.6 Å². The molecule has 8 nitrogen and oxygen atoms in total. The minimum absolute atomic E-state index is 0.113. The van der Waals surface area contributed by atoms with E-state index in [-0.39, 0.29) is 11.7 Å². The quantitative estimate of drug-likeness (QED) is 0.870. The number of rotatable bonds is 3. The summed E-state index contributed by atoms with van der Waals surface area (Å²) in [5, 5.41) is 2.69. The summed E-state index contributed by atoms with van der Waals surface area (Å²) in [5.74, 6) is 0.986. The summed E-state index contributed by atoms with van der Waals surface area (Å²) >= 11 is 0. The van der Waals surface area contributed by atoms with Crippen molar-refractivity contribution in [3.05, 3.63) is 36.7 Å². The lowest BCUT2D eigenvalue weighted by Gasteiger charge is -2.33.